The molecule has 0 spiro atoms. The van der Waals surface area contributed by atoms with Crippen LogP contribution in [0.2, 0.25) is 0 Å². The van der Waals surface area contributed by atoms with E-state index in [9.17, 15) is 4.79 Å². The highest BCUT2D eigenvalue weighted by Gasteiger charge is 2.29. The zero-order valence-electron chi connectivity index (χ0n) is 15.4. The highest BCUT2D eigenvalue weighted by molar-refractivity contribution is 5.68. The number of aryl methyl sites for hydroxylation is 1. The van der Waals surface area contributed by atoms with Crippen molar-refractivity contribution in [2.24, 2.45) is 0 Å². The van der Waals surface area contributed by atoms with E-state index in [1.54, 1.807) is 4.52 Å². The van der Waals surface area contributed by atoms with Gasteiger partial charge in [-0.1, -0.05) is 0 Å². The van der Waals surface area contributed by atoms with Crippen LogP contribution < -0.4 is 10.6 Å². The Hall–Kier alpha value is -2.15. The van der Waals surface area contributed by atoms with E-state index in [0.29, 0.717) is 6.54 Å². The number of rotatable bonds is 4. The molecule has 7 heteroatoms. The molecule has 25 heavy (non-hydrogen) atoms. The van der Waals surface area contributed by atoms with Crippen LogP contribution in [0.15, 0.2) is 18.5 Å². The molecule has 2 heterocycles. The lowest BCUT2D eigenvalue weighted by Crippen LogP contribution is -2.47. The number of nitrogens with zero attached hydrogens (tertiary/aromatic N) is 3. The first-order chi connectivity index (χ1) is 11.8. The molecule has 1 fully saturated rings. The molecule has 2 N–H and O–H groups in total. The van der Waals surface area contributed by atoms with Crippen molar-refractivity contribution in [1.29, 1.82) is 0 Å². The van der Waals surface area contributed by atoms with Gasteiger partial charge in [-0.15, -0.1) is 0 Å². The van der Waals surface area contributed by atoms with Crippen molar-refractivity contribution in [2.45, 2.75) is 71.2 Å². The normalized spacial score (nSPS) is 20.8. The van der Waals surface area contributed by atoms with Crippen LogP contribution in [0.1, 0.15) is 51.3 Å². The van der Waals surface area contributed by atoms with Gasteiger partial charge >= 0.3 is 6.09 Å². The number of ether oxygens (including phenoxy) is 1. The number of carbonyl (C=O) groups is 1. The lowest BCUT2D eigenvalue weighted by molar-refractivity contribution is 0.0498. The molecular weight excluding hydrogens is 318 g/mol. The predicted octanol–water partition coefficient (Wildman–Crippen LogP) is 2.57. The molecule has 1 aliphatic rings. The summed E-state index contributed by atoms with van der Waals surface area (Å²) in [5.74, 6) is 0. The molecule has 2 atom stereocenters. The Morgan fingerprint density at radius 3 is 2.88 bits per heavy atom. The van der Waals surface area contributed by atoms with Crippen molar-refractivity contribution in [1.82, 2.24) is 25.2 Å². The van der Waals surface area contributed by atoms with Gasteiger partial charge in [-0.05, 0) is 47.0 Å². The van der Waals surface area contributed by atoms with E-state index in [1.807, 2.05) is 46.2 Å². The Kier molecular flexibility index (Phi) is 4.94. The standard InChI is InChI=1S/C18H27N5O2/c1-12-8-16-20-10-13(11-23(16)22-12)9-19-14-6-5-7-15(14)21-17(24)25-18(2,3)4/h8,10-11,14-15,19H,5-7,9H2,1-4H3,(H,21,24). The zero-order chi connectivity index (χ0) is 18.0. The summed E-state index contributed by atoms with van der Waals surface area (Å²) in [7, 11) is 0. The average Bonchev–Trinajstić information content (AvgIpc) is 3.07. The monoisotopic (exact) mass is 345 g/mol. The van der Waals surface area contributed by atoms with Gasteiger partial charge in [-0.25, -0.2) is 14.3 Å². The van der Waals surface area contributed by atoms with E-state index in [-0.39, 0.29) is 18.2 Å². The first kappa shape index (κ1) is 17.7. The van der Waals surface area contributed by atoms with Crippen molar-refractivity contribution in [2.75, 3.05) is 0 Å². The van der Waals surface area contributed by atoms with Crippen LogP contribution in [0.4, 0.5) is 4.79 Å². The Balaban J connectivity index is 1.56. The summed E-state index contributed by atoms with van der Waals surface area (Å²) >= 11 is 0. The summed E-state index contributed by atoms with van der Waals surface area (Å²) < 4.78 is 7.16. The predicted molar refractivity (Wildman–Crippen MR) is 95.4 cm³/mol. The summed E-state index contributed by atoms with van der Waals surface area (Å²) in [6.07, 6.45) is 6.61. The maximum Gasteiger partial charge on any atom is 0.407 e. The molecule has 1 amide bonds. The van der Waals surface area contributed by atoms with Gasteiger partial charge in [0.2, 0.25) is 0 Å². The SMILES string of the molecule is Cc1cc2ncc(CNC3CCCC3NC(=O)OC(C)(C)C)cn2n1. The van der Waals surface area contributed by atoms with E-state index < -0.39 is 5.60 Å². The van der Waals surface area contributed by atoms with Gasteiger partial charge in [0, 0.05) is 42.7 Å². The maximum atomic E-state index is 12.0. The van der Waals surface area contributed by atoms with Crippen LogP contribution >= 0.6 is 0 Å². The molecule has 0 aliphatic heterocycles. The van der Waals surface area contributed by atoms with E-state index in [2.05, 4.69) is 20.7 Å². The number of amides is 1. The van der Waals surface area contributed by atoms with Gasteiger partial charge in [-0.2, -0.15) is 5.10 Å². The molecular formula is C18H27N5O2. The van der Waals surface area contributed by atoms with Crippen LogP contribution in [0.3, 0.4) is 0 Å². The van der Waals surface area contributed by atoms with Gasteiger partial charge in [0.25, 0.3) is 0 Å². The molecule has 3 rings (SSSR count). The number of nitrogens with one attached hydrogen (secondary N) is 2. The Bertz CT molecular complexity index is 749. The van der Waals surface area contributed by atoms with Crippen LogP contribution in [0, 0.1) is 6.92 Å². The van der Waals surface area contributed by atoms with E-state index in [1.165, 1.54) is 0 Å². The minimum atomic E-state index is -0.478. The van der Waals surface area contributed by atoms with Gasteiger partial charge in [0.1, 0.15) is 5.60 Å². The summed E-state index contributed by atoms with van der Waals surface area (Å²) in [5.41, 5.74) is 2.40. The minimum Gasteiger partial charge on any atom is -0.444 e. The second kappa shape index (κ2) is 7.00. The lowest BCUT2D eigenvalue weighted by Gasteiger charge is -2.25. The third kappa shape index (κ3) is 4.69. The Labute approximate surface area is 148 Å². The van der Waals surface area contributed by atoms with Gasteiger partial charge < -0.3 is 15.4 Å². The molecule has 0 saturated heterocycles. The third-order valence-electron chi connectivity index (χ3n) is 4.28. The first-order valence-electron chi connectivity index (χ1n) is 8.84. The van der Waals surface area contributed by atoms with Crippen molar-refractivity contribution in [3.63, 3.8) is 0 Å². The molecule has 2 unspecified atom stereocenters. The van der Waals surface area contributed by atoms with Crippen molar-refractivity contribution < 1.29 is 9.53 Å². The van der Waals surface area contributed by atoms with Gasteiger partial charge in [0.05, 0.1) is 5.69 Å². The van der Waals surface area contributed by atoms with Crippen LogP contribution in [-0.2, 0) is 11.3 Å². The highest BCUT2D eigenvalue weighted by atomic mass is 16.6. The smallest absolute Gasteiger partial charge is 0.407 e. The number of aromatic nitrogens is 3. The van der Waals surface area contributed by atoms with Crippen molar-refractivity contribution in [3.05, 3.63) is 29.7 Å². The zero-order valence-corrected chi connectivity index (χ0v) is 15.4. The van der Waals surface area contributed by atoms with Gasteiger partial charge in [-0.3, -0.25) is 0 Å². The molecule has 0 aromatic carbocycles. The highest BCUT2D eigenvalue weighted by Crippen LogP contribution is 2.20. The van der Waals surface area contributed by atoms with Crippen LogP contribution in [0.25, 0.3) is 5.65 Å². The average molecular weight is 345 g/mol. The molecule has 2 aromatic rings. The number of alkyl carbamates (subject to hydrolysis) is 1. The second-order valence-corrected chi connectivity index (χ2v) is 7.72. The van der Waals surface area contributed by atoms with E-state index >= 15 is 0 Å². The number of fused-ring (bicyclic) bond motifs is 1. The molecule has 1 aliphatic carbocycles. The topological polar surface area (TPSA) is 80.5 Å². The number of hydrogen-bond acceptors (Lipinski definition) is 5. The van der Waals surface area contributed by atoms with Crippen LogP contribution in [0.5, 0.6) is 0 Å². The molecule has 1 saturated carbocycles. The fourth-order valence-corrected chi connectivity index (χ4v) is 3.21. The fourth-order valence-electron chi connectivity index (χ4n) is 3.21. The summed E-state index contributed by atoms with van der Waals surface area (Å²) in [5, 5.41) is 10.9. The third-order valence-corrected chi connectivity index (χ3v) is 4.28. The number of hydrogen-bond donors (Lipinski definition) is 2. The van der Waals surface area contributed by atoms with Gasteiger partial charge in [0.15, 0.2) is 5.65 Å². The lowest BCUT2D eigenvalue weighted by atomic mass is 10.1. The van der Waals surface area contributed by atoms with E-state index in [4.69, 9.17) is 4.74 Å². The second-order valence-electron chi connectivity index (χ2n) is 7.72. The largest absolute Gasteiger partial charge is 0.444 e. The maximum absolute atomic E-state index is 12.0. The summed E-state index contributed by atoms with van der Waals surface area (Å²) in [6.45, 7) is 8.27. The summed E-state index contributed by atoms with van der Waals surface area (Å²) in [4.78, 5) is 16.4. The van der Waals surface area contributed by atoms with E-state index in [0.717, 1.165) is 36.2 Å². The Morgan fingerprint density at radius 2 is 2.12 bits per heavy atom. The minimum absolute atomic E-state index is 0.0958. The Morgan fingerprint density at radius 1 is 1.36 bits per heavy atom. The molecule has 7 nitrogen and oxygen atoms in total. The number of carbonyl (C=O) groups excluding carboxylic acids is 1. The van der Waals surface area contributed by atoms with Crippen LogP contribution in [-0.4, -0.2) is 38.4 Å². The molecule has 0 radical (unpaired) electrons. The first-order valence-corrected chi connectivity index (χ1v) is 8.84. The molecule has 2 aromatic heterocycles. The quantitative estimate of drug-likeness (QED) is 0.890. The molecule has 136 valence electrons. The molecule has 0 bridgehead atoms. The summed E-state index contributed by atoms with van der Waals surface area (Å²) in [6, 6.07) is 2.29. The fraction of sp³-hybridized carbons (Fsp3) is 0.611. The van der Waals surface area contributed by atoms with Crippen molar-refractivity contribution >= 4 is 11.7 Å². The van der Waals surface area contributed by atoms with Crippen molar-refractivity contribution in [3.8, 4) is 0 Å².